The molecule has 1 saturated carbocycles. The summed E-state index contributed by atoms with van der Waals surface area (Å²) in [5.74, 6) is -1.15. The van der Waals surface area contributed by atoms with Gasteiger partial charge in [-0.15, -0.1) is 0 Å². The number of carbonyl (C=O) groups excluding carboxylic acids is 1. The topological polar surface area (TPSA) is 87.9 Å². The average Bonchev–Trinajstić information content (AvgIpc) is 2.81. The van der Waals surface area contributed by atoms with Crippen molar-refractivity contribution < 1.29 is 23.9 Å². The van der Waals surface area contributed by atoms with Crippen LogP contribution < -0.4 is 0 Å². The number of hydrogen-bond acceptors (Lipinski definition) is 6. The standard InChI is InChI=1S/C18H31NO6/c1-16(2,3)25-15(20)9-12(11-19(21)22)13-10-14(17(13,4)5)18(6)23-7-8-24-18/h12-14H,7-11H2,1-6H3/t12-,13-,14-/m1/s1. The Hall–Kier alpha value is -1.21. The molecular formula is C18H31NO6. The molecule has 0 unspecified atom stereocenters. The molecule has 0 N–H and O–H groups in total. The molecule has 1 aliphatic carbocycles. The second kappa shape index (κ2) is 6.83. The van der Waals surface area contributed by atoms with Crippen molar-refractivity contribution in [1.29, 1.82) is 0 Å². The molecule has 2 rings (SSSR count). The number of hydrogen-bond donors (Lipinski definition) is 0. The minimum atomic E-state index is -0.634. The maximum atomic E-state index is 12.2. The normalized spacial score (nSPS) is 28.9. The van der Waals surface area contributed by atoms with E-state index in [1.54, 1.807) is 20.8 Å². The van der Waals surface area contributed by atoms with E-state index in [2.05, 4.69) is 13.8 Å². The molecular weight excluding hydrogens is 326 g/mol. The predicted molar refractivity (Wildman–Crippen MR) is 91.5 cm³/mol. The lowest BCUT2D eigenvalue weighted by Crippen LogP contribution is -2.59. The summed E-state index contributed by atoms with van der Waals surface area (Å²) in [5.41, 5.74) is -0.797. The van der Waals surface area contributed by atoms with Gasteiger partial charge in [-0.1, -0.05) is 13.8 Å². The summed E-state index contributed by atoms with van der Waals surface area (Å²) < 4.78 is 16.9. The van der Waals surface area contributed by atoms with Crippen molar-refractivity contribution in [2.75, 3.05) is 19.8 Å². The monoisotopic (exact) mass is 357 g/mol. The van der Waals surface area contributed by atoms with Crippen LogP contribution >= 0.6 is 0 Å². The van der Waals surface area contributed by atoms with Gasteiger partial charge in [-0.2, -0.15) is 0 Å². The first-order valence-electron chi connectivity index (χ1n) is 8.97. The Bertz CT molecular complexity index is 518. The molecule has 2 fully saturated rings. The Morgan fingerprint density at radius 1 is 1.28 bits per heavy atom. The third kappa shape index (κ3) is 4.50. The van der Waals surface area contributed by atoms with Gasteiger partial charge in [0, 0.05) is 16.8 Å². The highest BCUT2D eigenvalue weighted by molar-refractivity contribution is 5.70. The number of esters is 1. The van der Waals surface area contributed by atoms with Gasteiger partial charge in [0.25, 0.3) is 0 Å². The van der Waals surface area contributed by atoms with Crippen molar-refractivity contribution >= 4 is 5.97 Å². The minimum absolute atomic E-state index is 0.0556. The van der Waals surface area contributed by atoms with E-state index in [1.165, 1.54) is 0 Å². The first-order chi connectivity index (χ1) is 11.3. The summed E-state index contributed by atoms with van der Waals surface area (Å²) in [7, 11) is 0. The maximum Gasteiger partial charge on any atom is 0.306 e. The van der Waals surface area contributed by atoms with Gasteiger partial charge in [-0.25, -0.2) is 0 Å². The van der Waals surface area contributed by atoms with Crippen LogP contribution in [-0.4, -0.2) is 42.0 Å². The molecule has 0 amide bonds. The molecule has 1 aliphatic heterocycles. The molecule has 25 heavy (non-hydrogen) atoms. The third-order valence-electron chi connectivity index (χ3n) is 5.64. The first-order valence-corrected chi connectivity index (χ1v) is 8.97. The Morgan fingerprint density at radius 3 is 2.28 bits per heavy atom. The van der Waals surface area contributed by atoms with E-state index in [9.17, 15) is 14.9 Å². The number of ether oxygens (including phenoxy) is 3. The lowest BCUT2D eigenvalue weighted by Gasteiger charge is -2.58. The van der Waals surface area contributed by atoms with Crippen molar-refractivity contribution in [3.63, 3.8) is 0 Å². The molecule has 0 aromatic rings. The summed E-state index contributed by atoms with van der Waals surface area (Å²) in [5, 5.41) is 11.1. The van der Waals surface area contributed by atoms with Crippen LogP contribution in [0.25, 0.3) is 0 Å². The van der Waals surface area contributed by atoms with Gasteiger partial charge in [0.15, 0.2) is 5.79 Å². The van der Waals surface area contributed by atoms with E-state index in [1.807, 2.05) is 6.92 Å². The highest BCUT2D eigenvalue weighted by atomic mass is 16.7. The van der Waals surface area contributed by atoms with Crippen LogP contribution in [0.4, 0.5) is 0 Å². The smallest absolute Gasteiger partial charge is 0.306 e. The largest absolute Gasteiger partial charge is 0.460 e. The third-order valence-corrected chi connectivity index (χ3v) is 5.64. The van der Waals surface area contributed by atoms with E-state index < -0.39 is 11.4 Å². The zero-order chi connectivity index (χ0) is 19.0. The molecule has 1 heterocycles. The summed E-state index contributed by atoms with van der Waals surface area (Å²) in [6, 6.07) is 0. The van der Waals surface area contributed by atoms with E-state index >= 15 is 0 Å². The summed E-state index contributed by atoms with van der Waals surface area (Å²) in [6.07, 6.45) is 0.822. The second-order valence-electron chi connectivity index (χ2n) is 8.99. The van der Waals surface area contributed by atoms with Crippen LogP contribution in [-0.2, 0) is 19.0 Å². The highest BCUT2D eigenvalue weighted by Crippen LogP contribution is 2.60. The van der Waals surface area contributed by atoms with Gasteiger partial charge in [-0.05, 0) is 45.4 Å². The van der Waals surface area contributed by atoms with Crippen molar-refractivity contribution in [2.24, 2.45) is 23.2 Å². The van der Waals surface area contributed by atoms with Gasteiger partial charge < -0.3 is 14.2 Å². The summed E-state index contributed by atoms with van der Waals surface area (Å²) in [6.45, 7) is 12.4. The molecule has 7 heteroatoms. The van der Waals surface area contributed by atoms with E-state index in [4.69, 9.17) is 14.2 Å². The van der Waals surface area contributed by atoms with Gasteiger partial charge in [0.2, 0.25) is 6.54 Å². The van der Waals surface area contributed by atoms with Crippen LogP contribution in [0.5, 0.6) is 0 Å². The lowest BCUT2D eigenvalue weighted by molar-refractivity contribution is -0.493. The van der Waals surface area contributed by atoms with E-state index in [0.29, 0.717) is 13.2 Å². The molecule has 1 saturated heterocycles. The lowest BCUT2D eigenvalue weighted by atomic mass is 9.48. The Kier molecular flexibility index (Phi) is 5.50. The van der Waals surface area contributed by atoms with Crippen LogP contribution in [0, 0.1) is 33.3 Å². The first kappa shape index (κ1) is 20.1. The van der Waals surface area contributed by atoms with Crippen molar-refractivity contribution in [1.82, 2.24) is 0 Å². The van der Waals surface area contributed by atoms with Crippen molar-refractivity contribution in [2.45, 2.75) is 65.8 Å². The average molecular weight is 357 g/mol. The number of rotatable bonds is 6. The number of nitrogens with zero attached hydrogens (tertiary/aromatic N) is 1. The van der Waals surface area contributed by atoms with Crippen LogP contribution in [0.15, 0.2) is 0 Å². The fraction of sp³-hybridized carbons (Fsp3) is 0.944. The molecule has 0 radical (unpaired) electrons. The number of carbonyl (C=O) groups is 1. The predicted octanol–water partition coefficient (Wildman–Crippen LogP) is 3.04. The quantitative estimate of drug-likeness (QED) is 0.412. The summed E-state index contributed by atoms with van der Waals surface area (Å²) in [4.78, 5) is 23.0. The highest BCUT2D eigenvalue weighted by Gasteiger charge is 2.60. The molecule has 3 atom stereocenters. The van der Waals surface area contributed by atoms with E-state index in [0.717, 1.165) is 6.42 Å². The molecule has 0 spiro atoms. The van der Waals surface area contributed by atoms with Crippen LogP contribution in [0.2, 0.25) is 0 Å². The zero-order valence-electron chi connectivity index (χ0n) is 16.2. The van der Waals surface area contributed by atoms with E-state index in [-0.39, 0.29) is 47.0 Å². The van der Waals surface area contributed by atoms with Gasteiger partial charge in [0.05, 0.1) is 19.6 Å². The van der Waals surface area contributed by atoms with Gasteiger partial charge in [-0.3, -0.25) is 14.9 Å². The van der Waals surface area contributed by atoms with Gasteiger partial charge >= 0.3 is 5.97 Å². The molecule has 0 aromatic heterocycles. The van der Waals surface area contributed by atoms with Crippen LogP contribution in [0.3, 0.4) is 0 Å². The Balaban J connectivity index is 2.08. The van der Waals surface area contributed by atoms with Gasteiger partial charge in [0.1, 0.15) is 5.60 Å². The molecule has 7 nitrogen and oxygen atoms in total. The minimum Gasteiger partial charge on any atom is -0.460 e. The maximum absolute atomic E-state index is 12.2. The van der Waals surface area contributed by atoms with Crippen LogP contribution in [0.1, 0.15) is 54.4 Å². The Labute approximate surface area is 149 Å². The number of nitro groups is 1. The molecule has 0 bridgehead atoms. The fourth-order valence-electron chi connectivity index (χ4n) is 4.50. The zero-order valence-corrected chi connectivity index (χ0v) is 16.2. The fourth-order valence-corrected chi connectivity index (χ4v) is 4.50. The SMILES string of the molecule is CC(C)(C)OC(=O)C[C@H](C[N+](=O)[O-])[C@H]1C[C@@H](C2(C)OCCO2)C1(C)C. The second-order valence-corrected chi connectivity index (χ2v) is 8.99. The molecule has 2 aliphatic rings. The summed E-state index contributed by atoms with van der Waals surface area (Å²) >= 11 is 0. The van der Waals surface area contributed by atoms with Crippen molar-refractivity contribution in [3.05, 3.63) is 10.1 Å². The van der Waals surface area contributed by atoms with Crippen molar-refractivity contribution in [3.8, 4) is 0 Å². The molecule has 0 aromatic carbocycles. The Morgan fingerprint density at radius 2 is 1.84 bits per heavy atom. The molecule has 144 valence electrons.